The number of amides is 1. The zero-order chi connectivity index (χ0) is 12.3. The molecule has 1 aliphatic heterocycles. The van der Waals surface area contributed by atoms with Crippen molar-refractivity contribution in [2.75, 3.05) is 32.7 Å². The molecule has 2 rings (SSSR count). The molecule has 1 amide bonds. The summed E-state index contributed by atoms with van der Waals surface area (Å²) >= 11 is 3.31. The number of carbonyl (C=O) groups excluding carboxylic acids is 1. The Labute approximate surface area is 110 Å². The van der Waals surface area contributed by atoms with Crippen molar-refractivity contribution >= 4 is 21.8 Å². The van der Waals surface area contributed by atoms with Gasteiger partial charge in [0.1, 0.15) is 5.69 Å². The molecule has 0 bridgehead atoms. The molecule has 92 valence electrons. The van der Waals surface area contributed by atoms with Gasteiger partial charge in [-0.15, -0.1) is 0 Å². The van der Waals surface area contributed by atoms with E-state index in [2.05, 4.69) is 32.7 Å². The Morgan fingerprint density at radius 2 is 2.06 bits per heavy atom. The van der Waals surface area contributed by atoms with Crippen molar-refractivity contribution in [1.29, 1.82) is 0 Å². The first-order valence-corrected chi connectivity index (χ1v) is 6.63. The number of aromatic nitrogens is 1. The van der Waals surface area contributed by atoms with E-state index in [0.29, 0.717) is 5.69 Å². The van der Waals surface area contributed by atoms with Crippen LogP contribution in [0.2, 0.25) is 0 Å². The van der Waals surface area contributed by atoms with Crippen LogP contribution in [0.3, 0.4) is 0 Å². The number of hydrogen-bond acceptors (Lipinski definition) is 3. The monoisotopic (exact) mass is 297 g/mol. The summed E-state index contributed by atoms with van der Waals surface area (Å²) in [6, 6.07) is 3.61. The standard InChI is InChI=1S/C12H16BrN3O/c1-2-15-5-7-16(8-6-15)12(17)11-4-3-10(13)9-14-11/h3-4,9H,2,5-8H2,1H3. The number of carbonyl (C=O) groups is 1. The lowest BCUT2D eigenvalue weighted by molar-refractivity contribution is 0.0637. The molecule has 0 atom stereocenters. The van der Waals surface area contributed by atoms with Crippen LogP contribution in [-0.4, -0.2) is 53.4 Å². The van der Waals surface area contributed by atoms with Crippen LogP contribution in [0.5, 0.6) is 0 Å². The molecule has 2 heterocycles. The molecule has 0 aliphatic carbocycles. The Hall–Kier alpha value is -0.940. The van der Waals surface area contributed by atoms with Crippen molar-refractivity contribution in [2.45, 2.75) is 6.92 Å². The molecule has 0 saturated carbocycles. The second-order valence-electron chi connectivity index (χ2n) is 4.09. The highest BCUT2D eigenvalue weighted by atomic mass is 79.9. The molecule has 1 aromatic heterocycles. The van der Waals surface area contributed by atoms with Gasteiger partial charge >= 0.3 is 0 Å². The van der Waals surface area contributed by atoms with Crippen molar-refractivity contribution in [3.05, 3.63) is 28.5 Å². The highest BCUT2D eigenvalue weighted by Gasteiger charge is 2.21. The third kappa shape index (κ3) is 3.04. The Bertz CT molecular complexity index is 385. The number of rotatable bonds is 2. The maximum Gasteiger partial charge on any atom is 0.272 e. The molecule has 1 fully saturated rings. The maximum absolute atomic E-state index is 12.1. The molecule has 5 heteroatoms. The maximum atomic E-state index is 12.1. The summed E-state index contributed by atoms with van der Waals surface area (Å²) in [6.45, 7) is 6.71. The lowest BCUT2D eigenvalue weighted by Crippen LogP contribution is -2.48. The van der Waals surface area contributed by atoms with E-state index >= 15 is 0 Å². The van der Waals surface area contributed by atoms with Crippen LogP contribution in [0.15, 0.2) is 22.8 Å². The molecule has 1 saturated heterocycles. The molecule has 0 unspecified atom stereocenters. The third-order valence-electron chi connectivity index (χ3n) is 3.05. The van der Waals surface area contributed by atoms with E-state index in [-0.39, 0.29) is 5.91 Å². The summed E-state index contributed by atoms with van der Waals surface area (Å²) in [7, 11) is 0. The third-order valence-corrected chi connectivity index (χ3v) is 3.52. The first-order chi connectivity index (χ1) is 8.20. The van der Waals surface area contributed by atoms with Gasteiger partial charge in [-0.05, 0) is 34.6 Å². The van der Waals surface area contributed by atoms with Gasteiger partial charge in [0, 0.05) is 36.8 Å². The van der Waals surface area contributed by atoms with Crippen LogP contribution in [0, 0.1) is 0 Å². The summed E-state index contributed by atoms with van der Waals surface area (Å²) in [5.74, 6) is 0.0354. The van der Waals surface area contributed by atoms with Crippen LogP contribution in [0.4, 0.5) is 0 Å². The quantitative estimate of drug-likeness (QED) is 0.832. The fourth-order valence-corrected chi connectivity index (χ4v) is 2.17. The summed E-state index contributed by atoms with van der Waals surface area (Å²) in [6.07, 6.45) is 1.66. The summed E-state index contributed by atoms with van der Waals surface area (Å²) in [5.41, 5.74) is 0.526. The van der Waals surface area contributed by atoms with Crippen molar-refractivity contribution in [2.24, 2.45) is 0 Å². The molecule has 1 aliphatic rings. The summed E-state index contributed by atoms with van der Waals surface area (Å²) < 4.78 is 0.893. The molecular formula is C12H16BrN3O. The first-order valence-electron chi connectivity index (χ1n) is 5.84. The molecule has 0 aromatic carbocycles. The van der Waals surface area contributed by atoms with E-state index in [0.717, 1.165) is 37.2 Å². The minimum Gasteiger partial charge on any atom is -0.335 e. The van der Waals surface area contributed by atoms with Crippen LogP contribution < -0.4 is 0 Å². The zero-order valence-electron chi connectivity index (χ0n) is 9.90. The Morgan fingerprint density at radius 3 is 2.59 bits per heavy atom. The van der Waals surface area contributed by atoms with Crippen molar-refractivity contribution < 1.29 is 4.79 Å². The number of nitrogens with zero attached hydrogens (tertiary/aromatic N) is 3. The zero-order valence-corrected chi connectivity index (χ0v) is 11.5. The topological polar surface area (TPSA) is 36.4 Å². The highest BCUT2D eigenvalue weighted by molar-refractivity contribution is 9.10. The van der Waals surface area contributed by atoms with Crippen LogP contribution in [0.25, 0.3) is 0 Å². The summed E-state index contributed by atoms with van der Waals surface area (Å²) in [5, 5.41) is 0. The van der Waals surface area contributed by atoms with Gasteiger partial charge in [-0.1, -0.05) is 6.92 Å². The fourth-order valence-electron chi connectivity index (χ4n) is 1.93. The average molecular weight is 298 g/mol. The van der Waals surface area contributed by atoms with Crippen molar-refractivity contribution in [3.8, 4) is 0 Å². The number of hydrogen-bond donors (Lipinski definition) is 0. The predicted molar refractivity (Wildman–Crippen MR) is 70.0 cm³/mol. The Kier molecular flexibility index (Phi) is 4.12. The number of pyridine rings is 1. The van der Waals surface area contributed by atoms with Gasteiger partial charge in [0.25, 0.3) is 5.91 Å². The second-order valence-corrected chi connectivity index (χ2v) is 5.00. The lowest BCUT2D eigenvalue weighted by atomic mass is 10.2. The van der Waals surface area contributed by atoms with Crippen molar-refractivity contribution in [3.63, 3.8) is 0 Å². The second kappa shape index (κ2) is 5.60. The Morgan fingerprint density at radius 1 is 1.35 bits per heavy atom. The average Bonchev–Trinajstić information content (AvgIpc) is 2.39. The molecule has 17 heavy (non-hydrogen) atoms. The SMILES string of the molecule is CCN1CCN(C(=O)c2ccc(Br)cn2)CC1. The number of piperazine rings is 1. The molecule has 0 spiro atoms. The van der Waals surface area contributed by atoms with Gasteiger partial charge in [0.2, 0.25) is 0 Å². The van der Waals surface area contributed by atoms with E-state index in [9.17, 15) is 4.79 Å². The first kappa shape index (κ1) is 12.5. The van der Waals surface area contributed by atoms with E-state index in [4.69, 9.17) is 0 Å². The van der Waals surface area contributed by atoms with Gasteiger partial charge in [-0.2, -0.15) is 0 Å². The van der Waals surface area contributed by atoms with E-state index < -0.39 is 0 Å². The van der Waals surface area contributed by atoms with Gasteiger partial charge in [-0.3, -0.25) is 4.79 Å². The molecule has 4 nitrogen and oxygen atoms in total. The predicted octanol–water partition coefficient (Wildman–Crippen LogP) is 1.62. The normalized spacial score (nSPS) is 17.2. The number of halogens is 1. The van der Waals surface area contributed by atoms with E-state index in [1.807, 2.05) is 11.0 Å². The van der Waals surface area contributed by atoms with Gasteiger partial charge in [-0.25, -0.2) is 4.98 Å². The van der Waals surface area contributed by atoms with Crippen molar-refractivity contribution in [1.82, 2.24) is 14.8 Å². The minimum absolute atomic E-state index is 0.0354. The van der Waals surface area contributed by atoms with Crippen LogP contribution >= 0.6 is 15.9 Å². The summed E-state index contributed by atoms with van der Waals surface area (Å²) in [4.78, 5) is 20.5. The van der Waals surface area contributed by atoms with Gasteiger partial charge in [0.05, 0.1) is 0 Å². The number of likely N-dealkylation sites (N-methyl/N-ethyl adjacent to an activating group) is 1. The Balaban J connectivity index is 1.99. The molecule has 0 radical (unpaired) electrons. The fraction of sp³-hybridized carbons (Fsp3) is 0.500. The van der Waals surface area contributed by atoms with E-state index in [1.54, 1.807) is 12.3 Å². The van der Waals surface area contributed by atoms with Crippen LogP contribution in [0.1, 0.15) is 17.4 Å². The molecule has 0 N–H and O–H groups in total. The minimum atomic E-state index is 0.0354. The molecule has 1 aromatic rings. The lowest BCUT2D eigenvalue weighted by Gasteiger charge is -2.33. The van der Waals surface area contributed by atoms with Gasteiger partial charge < -0.3 is 9.80 Å². The smallest absolute Gasteiger partial charge is 0.272 e. The largest absolute Gasteiger partial charge is 0.335 e. The highest BCUT2D eigenvalue weighted by Crippen LogP contribution is 2.10. The van der Waals surface area contributed by atoms with Gasteiger partial charge in [0.15, 0.2) is 0 Å². The van der Waals surface area contributed by atoms with Crippen LogP contribution in [-0.2, 0) is 0 Å². The van der Waals surface area contributed by atoms with E-state index in [1.165, 1.54) is 0 Å². The molecular weight excluding hydrogens is 282 g/mol.